The molecule has 0 aromatic heterocycles. The highest BCUT2D eigenvalue weighted by Gasteiger charge is 2.20. The van der Waals surface area contributed by atoms with Gasteiger partial charge in [-0.05, 0) is 25.1 Å². The van der Waals surface area contributed by atoms with Crippen molar-refractivity contribution in [1.29, 1.82) is 0 Å². The Hall–Kier alpha value is -3.23. The van der Waals surface area contributed by atoms with Crippen LogP contribution in [-0.2, 0) is 6.54 Å². The summed E-state index contributed by atoms with van der Waals surface area (Å²) in [6, 6.07) is 12.5. The van der Waals surface area contributed by atoms with Crippen molar-refractivity contribution in [3.8, 4) is 23.0 Å². The van der Waals surface area contributed by atoms with Gasteiger partial charge in [-0.1, -0.05) is 18.2 Å². The van der Waals surface area contributed by atoms with Crippen molar-refractivity contribution < 1.29 is 27.7 Å². The molecule has 156 valence electrons. The molecule has 0 bridgehead atoms. The molecule has 0 aliphatic carbocycles. The van der Waals surface area contributed by atoms with Gasteiger partial charge in [-0.2, -0.15) is 8.78 Å². The van der Waals surface area contributed by atoms with Crippen molar-refractivity contribution in [2.45, 2.75) is 26.2 Å². The zero-order valence-electron chi connectivity index (χ0n) is 16.2. The summed E-state index contributed by atoms with van der Waals surface area (Å²) in [7, 11) is 1.62. The van der Waals surface area contributed by atoms with Gasteiger partial charge in [-0.3, -0.25) is 4.99 Å². The highest BCUT2D eigenvalue weighted by Crippen LogP contribution is 2.38. The predicted octanol–water partition coefficient (Wildman–Crippen LogP) is 3.15. The summed E-state index contributed by atoms with van der Waals surface area (Å²) in [4.78, 5) is 4.14. The normalized spacial score (nSPS) is 13.9. The average Bonchev–Trinajstić information content (AvgIpc) is 3.15. The zero-order chi connectivity index (χ0) is 20.6. The summed E-state index contributed by atoms with van der Waals surface area (Å²) in [5.74, 6) is 2.15. The van der Waals surface area contributed by atoms with Crippen molar-refractivity contribution in [3.05, 3.63) is 48.0 Å². The lowest BCUT2D eigenvalue weighted by Crippen LogP contribution is -2.41. The predicted molar refractivity (Wildman–Crippen MR) is 104 cm³/mol. The molecule has 29 heavy (non-hydrogen) atoms. The van der Waals surface area contributed by atoms with Crippen molar-refractivity contribution in [2.24, 2.45) is 4.99 Å². The Bertz CT molecular complexity index is 834. The lowest BCUT2D eigenvalue weighted by Gasteiger charge is -2.18. The number of nitrogens with one attached hydrogen (secondary N) is 2. The molecule has 1 aliphatic rings. The minimum absolute atomic E-state index is 0.0213. The van der Waals surface area contributed by atoms with E-state index in [2.05, 4.69) is 20.4 Å². The quantitative estimate of drug-likeness (QED) is 0.517. The van der Waals surface area contributed by atoms with Crippen LogP contribution >= 0.6 is 0 Å². The molecule has 0 amide bonds. The zero-order valence-corrected chi connectivity index (χ0v) is 16.2. The Morgan fingerprint density at radius 3 is 2.52 bits per heavy atom. The van der Waals surface area contributed by atoms with Crippen LogP contribution in [0, 0.1) is 0 Å². The van der Waals surface area contributed by atoms with E-state index in [0.717, 1.165) is 5.75 Å². The fourth-order valence-corrected chi connectivity index (χ4v) is 2.72. The summed E-state index contributed by atoms with van der Waals surface area (Å²) < 4.78 is 46.4. The van der Waals surface area contributed by atoms with E-state index in [1.54, 1.807) is 13.1 Å². The SMILES string of the molecule is CN=C(NCc1cc2c(cc1OC(F)F)OCO2)NCC(C)Oc1ccccc1. The molecular weight excluding hydrogens is 384 g/mol. The van der Waals surface area contributed by atoms with E-state index in [0.29, 0.717) is 29.6 Å². The number of rotatable bonds is 8. The molecule has 7 nitrogen and oxygen atoms in total. The van der Waals surface area contributed by atoms with Crippen molar-refractivity contribution >= 4 is 5.96 Å². The number of benzene rings is 2. The van der Waals surface area contributed by atoms with Gasteiger partial charge in [-0.25, -0.2) is 0 Å². The molecule has 2 N–H and O–H groups in total. The van der Waals surface area contributed by atoms with Gasteiger partial charge in [0.25, 0.3) is 0 Å². The van der Waals surface area contributed by atoms with Gasteiger partial charge in [0.1, 0.15) is 17.6 Å². The Morgan fingerprint density at radius 1 is 1.10 bits per heavy atom. The molecule has 0 spiro atoms. The van der Waals surface area contributed by atoms with Crippen LogP contribution in [0.15, 0.2) is 47.5 Å². The number of aliphatic imine (C=N–C) groups is 1. The van der Waals surface area contributed by atoms with Crippen LogP contribution in [0.5, 0.6) is 23.0 Å². The lowest BCUT2D eigenvalue weighted by atomic mass is 10.1. The van der Waals surface area contributed by atoms with Crippen LogP contribution in [0.2, 0.25) is 0 Å². The van der Waals surface area contributed by atoms with E-state index in [4.69, 9.17) is 14.2 Å². The highest BCUT2D eigenvalue weighted by molar-refractivity contribution is 5.79. The Labute approximate surface area is 167 Å². The number of hydrogen-bond donors (Lipinski definition) is 2. The maximum atomic E-state index is 12.7. The molecule has 1 heterocycles. The van der Waals surface area contributed by atoms with Gasteiger partial charge in [0, 0.05) is 25.2 Å². The number of guanidine groups is 1. The monoisotopic (exact) mass is 407 g/mol. The van der Waals surface area contributed by atoms with Crippen LogP contribution in [0.4, 0.5) is 8.78 Å². The number of para-hydroxylation sites is 1. The third-order valence-electron chi connectivity index (χ3n) is 4.08. The summed E-state index contributed by atoms with van der Waals surface area (Å²) in [5, 5.41) is 6.21. The Balaban J connectivity index is 1.56. The third kappa shape index (κ3) is 5.87. The van der Waals surface area contributed by atoms with Gasteiger partial charge >= 0.3 is 6.61 Å². The van der Waals surface area contributed by atoms with Crippen LogP contribution < -0.4 is 29.6 Å². The Kier molecular flexibility index (Phi) is 6.94. The lowest BCUT2D eigenvalue weighted by molar-refractivity contribution is -0.0505. The first-order valence-electron chi connectivity index (χ1n) is 9.08. The van der Waals surface area contributed by atoms with E-state index < -0.39 is 6.61 Å². The number of nitrogens with zero attached hydrogens (tertiary/aromatic N) is 1. The van der Waals surface area contributed by atoms with Crippen LogP contribution in [0.1, 0.15) is 12.5 Å². The summed E-state index contributed by atoms with van der Waals surface area (Å²) >= 11 is 0. The van der Waals surface area contributed by atoms with Gasteiger partial charge in [-0.15, -0.1) is 0 Å². The Morgan fingerprint density at radius 2 is 1.83 bits per heavy atom. The molecule has 0 saturated carbocycles. The number of fused-ring (bicyclic) bond motifs is 1. The van der Waals surface area contributed by atoms with Gasteiger partial charge in [0.05, 0.1) is 6.54 Å². The molecule has 0 saturated heterocycles. The van der Waals surface area contributed by atoms with Crippen LogP contribution in [0.25, 0.3) is 0 Å². The standard InChI is InChI=1S/C20H23F2N3O4/c1-13(28-15-6-4-3-5-7-15)10-24-20(23-2)25-11-14-8-17-18(27-12-26-17)9-16(14)29-19(21)22/h3-9,13,19H,10-12H2,1-2H3,(H2,23,24,25). The van der Waals surface area contributed by atoms with Crippen molar-refractivity contribution in [1.82, 2.24) is 10.6 Å². The first-order chi connectivity index (χ1) is 14.0. The number of alkyl halides is 2. The average molecular weight is 407 g/mol. The molecule has 1 aliphatic heterocycles. The van der Waals surface area contributed by atoms with E-state index >= 15 is 0 Å². The maximum absolute atomic E-state index is 12.7. The highest BCUT2D eigenvalue weighted by atomic mass is 19.3. The van der Waals surface area contributed by atoms with Crippen molar-refractivity contribution in [2.75, 3.05) is 20.4 Å². The molecule has 0 radical (unpaired) electrons. The van der Waals surface area contributed by atoms with Crippen molar-refractivity contribution in [3.63, 3.8) is 0 Å². The molecule has 1 unspecified atom stereocenters. The number of hydrogen-bond acceptors (Lipinski definition) is 5. The molecule has 9 heteroatoms. The minimum atomic E-state index is -2.94. The second-order valence-corrected chi connectivity index (χ2v) is 6.24. The second-order valence-electron chi connectivity index (χ2n) is 6.24. The molecular formula is C20H23F2N3O4. The smallest absolute Gasteiger partial charge is 0.387 e. The van der Waals surface area contributed by atoms with Gasteiger partial charge in [0.2, 0.25) is 6.79 Å². The van der Waals surface area contributed by atoms with Gasteiger partial charge in [0.15, 0.2) is 17.5 Å². The molecule has 1 atom stereocenters. The van der Waals surface area contributed by atoms with E-state index in [1.807, 2.05) is 37.3 Å². The van der Waals surface area contributed by atoms with Crippen LogP contribution in [0.3, 0.4) is 0 Å². The van der Waals surface area contributed by atoms with Gasteiger partial charge < -0.3 is 29.6 Å². The summed E-state index contributed by atoms with van der Waals surface area (Å²) in [6.07, 6.45) is -0.112. The molecule has 2 aromatic rings. The third-order valence-corrected chi connectivity index (χ3v) is 4.08. The topological polar surface area (TPSA) is 73.3 Å². The van der Waals surface area contributed by atoms with E-state index in [9.17, 15) is 8.78 Å². The minimum Gasteiger partial charge on any atom is -0.489 e. The van der Waals surface area contributed by atoms with E-state index in [1.165, 1.54) is 6.07 Å². The number of ether oxygens (including phenoxy) is 4. The fourth-order valence-electron chi connectivity index (χ4n) is 2.72. The first-order valence-corrected chi connectivity index (χ1v) is 9.08. The molecule has 3 rings (SSSR count). The maximum Gasteiger partial charge on any atom is 0.387 e. The second kappa shape index (κ2) is 9.81. The number of halogens is 2. The summed E-state index contributed by atoms with van der Waals surface area (Å²) in [5.41, 5.74) is 0.492. The fraction of sp³-hybridized carbons (Fsp3) is 0.350. The first kappa shape index (κ1) is 20.5. The van der Waals surface area contributed by atoms with Crippen LogP contribution in [-0.4, -0.2) is 39.1 Å². The molecule has 0 fully saturated rings. The largest absolute Gasteiger partial charge is 0.489 e. The summed E-state index contributed by atoms with van der Waals surface area (Å²) in [6.45, 7) is -0.271. The van der Waals surface area contributed by atoms with E-state index in [-0.39, 0.29) is 25.2 Å². The molecule has 2 aromatic carbocycles.